The summed E-state index contributed by atoms with van der Waals surface area (Å²) < 4.78 is 0. The van der Waals surface area contributed by atoms with E-state index in [4.69, 9.17) is 46.4 Å². The summed E-state index contributed by atoms with van der Waals surface area (Å²) in [6, 6.07) is 9.44. The summed E-state index contributed by atoms with van der Waals surface area (Å²) in [5.41, 5.74) is 1.41. The highest BCUT2D eigenvalue weighted by Crippen LogP contribution is 2.25. The van der Waals surface area contributed by atoms with Crippen LogP contribution in [0.2, 0.25) is 20.1 Å². The second kappa shape index (κ2) is 11.2. The third-order valence-corrected chi connectivity index (χ3v) is 5.87. The molecule has 0 saturated carbocycles. The van der Waals surface area contributed by atoms with Crippen molar-refractivity contribution in [1.82, 2.24) is 10.2 Å². The fraction of sp³-hybridized carbons (Fsp3) is 0.364. The van der Waals surface area contributed by atoms with E-state index in [2.05, 4.69) is 5.32 Å². The third-order valence-electron chi connectivity index (χ3n) is 4.55. The van der Waals surface area contributed by atoms with Gasteiger partial charge in [0.15, 0.2) is 0 Å². The summed E-state index contributed by atoms with van der Waals surface area (Å²) in [5, 5.41) is 4.59. The molecular weight excluding hydrogens is 466 g/mol. The minimum atomic E-state index is -0.684. The molecule has 1 N–H and O–H groups in total. The maximum absolute atomic E-state index is 13.2. The molecule has 30 heavy (non-hydrogen) atoms. The molecule has 0 fully saturated rings. The van der Waals surface area contributed by atoms with E-state index < -0.39 is 6.04 Å². The third kappa shape index (κ3) is 7.05. The Bertz CT molecular complexity index is 918. The SMILES string of the molecule is CC(C)CNC(=O)[C@@H](C)N(Cc1ccc(Cl)c(Cl)c1)C(=O)Cc1ccc(Cl)cc1Cl. The minimum absolute atomic E-state index is 0.0408. The van der Waals surface area contributed by atoms with Crippen molar-refractivity contribution < 1.29 is 9.59 Å². The fourth-order valence-electron chi connectivity index (χ4n) is 2.80. The van der Waals surface area contributed by atoms with Crippen molar-refractivity contribution in [3.8, 4) is 0 Å². The number of carbonyl (C=O) groups excluding carboxylic acids is 2. The molecule has 2 aromatic rings. The maximum atomic E-state index is 13.2. The van der Waals surface area contributed by atoms with E-state index in [1.807, 2.05) is 13.8 Å². The molecule has 8 heteroatoms. The Morgan fingerprint density at radius 2 is 1.63 bits per heavy atom. The van der Waals surface area contributed by atoms with E-state index >= 15 is 0 Å². The number of nitrogens with one attached hydrogen (secondary N) is 1. The molecule has 0 aliphatic carbocycles. The second-order valence-electron chi connectivity index (χ2n) is 7.50. The molecule has 0 heterocycles. The Hall–Kier alpha value is -1.46. The molecule has 4 nitrogen and oxygen atoms in total. The molecule has 0 aromatic heterocycles. The highest BCUT2D eigenvalue weighted by Gasteiger charge is 2.27. The Kier molecular flexibility index (Phi) is 9.30. The molecule has 0 bridgehead atoms. The average molecular weight is 490 g/mol. The van der Waals surface area contributed by atoms with E-state index in [0.29, 0.717) is 38.1 Å². The van der Waals surface area contributed by atoms with E-state index in [-0.39, 0.29) is 24.8 Å². The zero-order valence-corrected chi connectivity index (χ0v) is 20.0. The molecule has 2 rings (SSSR count). The molecule has 0 aliphatic rings. The van der Waals surface area contributed by atoms with Crippen molar-refractivity contribution in [3.05, 3.63) is 67.6 Å². The van der Waals surface area contributed by atoms with Crippen molar-refractivity contribution in [1.29, 1.82) is 0 Å². The standard InChI is InChI=1S/C22H24Cl4N2O2/c1-13(2)11-27-22(30)14(3)28(12-15-4-7-18(24)20(26)8-15)21(29)9-16-5-6-17(23)10-19(16)25/h4-8,10,13-14H,9,11-12H2,1-3H3,(H,27,30)/t14-/m1/s1. The Morgan fingerprint density at radius 3 is 2.23 bits per heavy atom. The molecule has 0 unspecified atom stereocenters. The van der Waals surface area contributed by atoms with E-state index in [0.717, 1.165) is 5.56 Å². The van der Waals surface area contributed by atoms with Gasteiger partial charge < -0.3 is 10.2 Å². The normalized spacial score (nSPS) is 12.0. The lowest BCUT2D eigenvalue weighted by Crippen LogP contribution is -2.48. The molecule has 0 radical (unpaired) electrons. The predicted molar refractivity (Wildman–Crippen MR) is 124 cm³/mol. The summed E-state index contributed by atoms with van der Waals surface area (Å²) >= 11 is 24.3. The second-order valence-corrected chi connectivity index (χ2v) is 9.16. The van der Waals surface area contributed by atoms with E-state index in [1.165, 1.54) is 4.90 Å². The lowest BCUT2D eigenvalue weighted by Gasteiger charge is -2.29. The van der Waals surface area contributed by atoms with Crippen molar-refractivity contribution >= 4 is 58.2 Å². The molecule has 0 saturated heterocycles. The van der Waals surface area contributed by atoms with Gasteiger partial charge in [-0.15, -0.1) is 0 Å². The number of hydrogen-bond acceptors (Lipinski definition) is 2. The topological polar surface area (TPSA) is 49.4 Å². The van der Waals surface area contributed by atoms with Gasteiger partial charge in [0, 0.05) is 23.1 Å². The van der Waals surface area contributed by atoms with Crippen LogP contribution in [0.15, 0.2) is 36.4 Å². The average Bonchev–Trinajstić information content (AvgIpc) is 2.68. The van der Waals surface area contributed by atoms with E-state index in [9.17, 15) is 9.59 Å². The van der Waals surface area contributed by atoms with Crippen LogP contribution in [-0.4, -0.2) is 29.3 Å². The van der Waals surface area contributed by atoms with Crippen molar-refractivity contribution in [2.45, 2.75) is 39.8 Å². The Balaban J connectivity index is 2.27. The van der Waals surface area contributed by atoms with Gasteiger partial charge in [0.25, 0.3) is 0 Å². The first-order chi connectivity index (χ1) is 14.1. The van der Waals surface area contributed by atoms with Gasteiger partial charge in [-0.25, -0.2) is 0 Å². The van der Waals surface area contributed by atoms with Crippen LogP contribution in [0.5, 0.6) is 0 Å². The molecule has 162 valence electrons. The lowest BCUT2D eigenvalue weighted by atomic mass is 10.1. The minimum Gasteiger partial charge on any atom is -0.354 e. The number of halogens is 4. The lowest BCUT2D eigenvalue weighted by molar-refractivity contribution is -0.140. The van der Waals surface area contributed by atoms with Crippen LogP contribution in [0, 0.1) is 5.92 Å². The quantitative estimate of drug-likeness (QED) is 0.491. The maximum Gasteiger partial charge on any atom is 0.242 e. The van der Waals surface area contributed by atoms with Crippen LogP contribution >= 0.6 is 46.4 Å². The number of nitrogens with zero attached hydrogens (tertiary/aromatic N) is 1. The molecule has 0 aliphatic heterocycles. The summed E-state index contributed by atoms with van der Waals surface area (Å²) in [6.45, 7) is 6.45. The van der Waals surface area contributed by atoms with Gasteiger partial charge in [-0.05, 0) is 48.2 Å². The molecule has 2 aromatic carbocycles. The van der Waals surface area contributed by atoms with Gasteiger partial charge in [-0.3, -0.25) is 9.59 Å². The van der Waals surface area contributed by atoms with Crippen LogP contribution in [0.1, 0.15) is 31.9 Å². The largest absolute Gasteiger partial charge is 0.354 e. The smallest absolute Gasteiger partial charge is 0.242 e. The molecule has 0 spiro atoms. The number of carbonyl (C=O) groups is 2. The summed E-state index contributed by atoms with van der Waals surface area (Å²) in [7, 11) is 0. The number of hydrogen-bond donors (Lipinski definition) is 1. The van der Waals surface area contributed by atoms with Gasteiger partial charge in [-0.1, -0.05) is 72.4 Å². The van der Waals surface area contributed by atoms with Gasteiger partial charge in [0.1, 0.15) is 6.04 Å². The van der Waals surface area contributed by atoms with Crippen molar-refractivity contribution in [2.75, 3.05) is 6.54 Å². The van der Waals surface area contributed by atoms with Crippen LogP contribution in [0.4, 0.5) is 0 Å². The number of benzene rings is 2. The van der Waals surface area contributed by atoms with Crippen LogP contribution in [0.25, 0.3) is 0 Å². The first-order valence-electron chi connectivity index (χ1n) is 9.53. The Morgan fingerprint density at radius 1 is 0.933 bits per heavy atom. The predicted octanol–water partition coefficient (Wildman–Crippen LogP) is 6.03. The van der Waals surface area contributed by atoms with Crippen LogP contribution < -0.4 is 5.32 Å². The highest BCUT2D eigenvalue weighted by molar-refractivity contribution is 6.42. The summed E-state index contributed by atoms with van der Waals surface area (Å²) in [6.07, 6.45) is 0.0408. The molecule has 2 amide bonds. The molecular formula is C22H24Cl4N2O2. The van der Waals surface area contributed by atoms with Crippen molar-refractivity contribution in [3.63, 3.8) is 0 Å². The van der Waals surface area contributed by atoms with Crippen LogP contribution in [-0.2, 0) is 22.6 Å². The molecule has 1 atom stereocenters. The van der Waals surface area contributed by atoms with Gasteiger partial charge in [0.2, 0.25) is 11.8 Å². The first-order valence-corrected chi connectivity index (χ1v) is 11.0. The van der Waals surface area contributed by atoms with Crippen LogP contribution in [0.3, 0.4) is 0 Å². The van der Waals surface area contributed by atoms with Gasteiger partial charge in [0.05, 0.1) is 16.5 Å². The van der Waals surface area contributed by atoms with E-state index in [1.54, 1.807) is 43.3 Å². The summed E-state index contributed by atoms with van der Waals surface area (Å²) in [4.78, 5) is 27.4. The number of rotatable bonds is 8. The Labute approximate surface area is 197 Å². The highest BCUT2D eigenvalue weighted by atomic mass is 35.5. The summed E-state index contributed by atoms with van der Waals surface area (Å²) in [5.74, 6) is -0.162. The van der Waals surface area contributed by atoms with Gasteiger partial charge >= 0.3 is 0 Å². The number of amides is 2. The van der Waals surface area contributed by atoms with Gasteiger partial charge in [-0.2, -0.15) is 0 Å². The first kappa shape index (κ1) is 24.8. The zero-order chi connectivity index (χ0) is 22.4. The zero-order valence-electron chi connectivity index (χ0n) is 17.0. The fourth-order valence-corrected chi connectivity index (χ4v) is 3.60. The van der Waals surface area contributed by atoms with Crippen molar-refractivity contribution in [2.24, 2.45) is 5.92 Å². The monoisotopic (exact) mass is 488 g/mol.